The summed E-state index contributed by atoms with van der Waals surface area (Å²) in [5.74, 6) is 0.133. The molecule has 15 heavy (non-hydrogen) atoms. The maximum absolute atomic E-state index is 11.7. The van der Waals surface area contributed by atoms with Crippen LogP contribution in [0.15, 0.2) is 23.1 Å². The highest BCUT2D eigenvalue weighted by atomic mass is 32.2. The Bertz CT molecular complexity index is 502. The van der Waals surface area contributed by atoms with Crippen molar-refractivity contribution >= 4 is 9.84 Å². The fourth-order valence-electron chi connectivity index (χ4n) is 1.99. The Labute approximate surface area is 88.4 Å². The number of ether oxygens (including phenoxy) is 1. The minimum Gasteiger partial charge on any atom is -0.496 e. The van der Waals surface area contributed by atoms with Crippen LogP contribution in [0, 0.1) is 0 Å². The minimum atomic E-state index is -3.38. The van der Waals surface area contributed by atoms with Crippen molar-refractivity contribution in [1.82, 2.24) is 0 Å². The van der Waals surface area contributed by atoms with E-state index >= 15 is 0 Å². The molecule has 0 saturated carbocycles. The summed E-state index contributed by atoms with van der Waals surface area (Å²) in [5, 5.41) is 10.0. The van der Waals surface area contributed by atoms with Crippen LogP contribution in [-0.4, -0.2) is 26.4 Å². The molecule has 1 aliphatic rings. The van der Waals surface area contributed by atoms with Crippen molar-refractivity contribution < 1.29 is 18.3 Å². The predicted molar refractivity (Wildman–Crippen MR) is 54.6 cm³/mol. The Hall–Kier alpha value is -1.07. The van der Waals surface area contributed by atoms with Crippen molar-refractivity contribution in [2.24, 2.45) is 0 Å². The maximum Gasteiger partial charge on any atom is 0.182 e. The molecule has 0 aliphatic carbocycles. The molecule has 0 bridgehead atoms. The van der Waals surface area contributed by atoms with Crippen LogP contribution in [0.4, 0.5) is 0 Å². The monoisotopic (exact) mass is 228 g/mol. The third kappa shape index (κ3) is 1.42. The lowest BCUT2D eigenvalue weighted by Gasteiger charge is -2.18. The number of rotatable bonds is 1. The molecule has 0 aromatic heterocycles. The average Bonchev–Trinajstić information content (AvgIpc) is 2.33. The van der Waals surface area contributed by atoms with E-state index in [0.717, 1.165) is 0 Å². The van der Waals surface area contributed by atoms with E-state index in [1.807, 2.05) is 0 Å². The first-order valence-corrected chi connectivity index (χ1v) is 6.16. The molecule has 82 valence electrons. The van der Waals surface area contributed by atoms with Gasteiger partial charge in [0, 0.05) is 5.56 Å². The second kappa shape index (κ2) is 2.96. The van der Waals surface area contributed by atoms with Crippen molar-refractivity contribution in [2.75, 3.05) is 12.9 Å². The van der Waals surface area contributed by atoms with Crippen LogP contribution in [-0.2, 0) is 15.4 Å². The zero-order chi connectivity index (χ0) is 11.3. The summed E-state index contributed by atoms with van der Waals surface area (Å²) in [7, 11) is -1.92. The van der Waals surface area contributed by atoms with Gasteiger partial charge in [0.2, 0.25) is 0 Å². The molecule has 1 unspecified atom stereocenters. The zero-order valence-electron chi connectivity index (χ0n) is 8.52. The number of sulfone groups is 1. The van der Waals surface area contributed by atoms with E-state index in [0.29, 0.717) is 11.3 Å². The van der Waals surface area contributed by atoms with Crippen molar-refractivity contribution in [3.63, 3.8) is 0 Å². The molecule has 0 spiro atoms. The molecule has 0 amide bonds. The van der Waals surface area contributed by atoms with E-state index in [-0.39, 0.29) is 10.6 Å². The normalized spacial score (nSPS) is 27.4. The molecular formula is C10H12O4S. The lowest BCUT2D eigenvalue weighted by molar-refractivity contribution is 0.0812. The zero-order valence-corrected chi connectivity index (χ0v) is 9.34. The molecule has 1 N–H and O–H groups in total. The molecule has 1 heterocycles. The number of hydrogen-bond acceptors (Lipinski definition) is 4. The van der Waals surface area contributed by atoms with Crippen molar-refractivity contribution in [2.45, 2.75) is 17.4 Å². The fraction of sp³-hybridized carbons (Fsp3) is 0.400. The van der Waals surface area contributed by atoms with E-state index in [2.05, 4.69) is 0 Å². The number of methoxy groups -OCH3 is 1. The molecule has 0 radical (unpaired) electrons. The number of aliphatic hydroxyl groups is 1. The van der Waals surface area contributed by atoms with Gasteiger partial charge in [0.05, 0.1) is 17.8 Å². The van der Waals surface area contributed by atoms with Crippen LogP contribution in [0.1, 0.15) is 12.5 Å². The van der Waals surface area contributed by atoms with Crippen LogP contribution in [0.5, 0.6) is 5.75 Å². The third-order valence-electron chi connectivity index (χ3n) is 2.55. The van der Waals surface area contributed by atoms with Crippen LogP contribution in [0.2, 0.25) is 0 Å². The Morgan fingerprint density at radius 2 is 2.13 bits per heavy atom. The molecule has 1 aromatic rings. The van der Waals surface area contributed by atoms with E-state index in [4.69, 9.17) is 4.74 Å². The van der Waals surface area contributed by atoms with Gasteiger partial charge in [-0.3, -0.25) is 0 Å². The average molecular weight is 228 g/mol. The Morgan fingerprint density at radius 3 is 2.73 bits per heavy atom. The van der Waals surface area contributed by atoms with Crippen molar-refractivity contribution in [3.05, 3.63) is 23.8 Å². The summed E-state index contributed by atoms with van der Waals surface area (Å²) in [5.41, 5.74) is -0.992. The molecule has 5 heteroatoms. The largest absolute Gasteiger partial charge is 0.496 e. The van der Waals surface area contributed by atoms with Crippen molar-refractivity contribution in [1.29, 1.82) is 0 Å². The number of fused-ring (bicyclic) bond motifs is 1. The minimum absolute atomic E-state index is 0.173. The molecule has 1 atom stereocenters. The summed E-state index contributed by atoms with van der Waals surface area (Å²) in [6.45, 7) is 1.49. The van der Waals surface area contributed by atoms with Gasteiger partial charge in [0.1, 0.15) is 11.4 Å². The van der Waals surface area contributed by atoms with Crippen LogP contribution < -0.4 is 4.74 Å². The first kappa shape index (κ1) is 10.4. The highest BCUT2D eigenvalue weighted by molar-refractivity contribution is 7.91. The van der Waals surface area contributed by atoms with E-state index in [1.54, 1.807) is 12.1 Å². The van der Waals surface area contributed by atoms with Crippen LogP contribution in [0.3, 0.4) is 0 Å². The molecule has 2 rings (SSSR count). The molecular weight excluding hydrogens is 216 g/mol. The van der Waals surface area contributed by atoms with Gasteiger partial charge in [-0.05, 0) is 19.1 Å². The van der Waals surface area contributed by atoms with Crippen molar-refractivity contribution in [3.8, 4) is 5.75 Å². The van der Waals surface area contributed by atoms with Crippen LogP contribution >= 0.6 is 0 Å². The maximum atomic E-state index is 11.7. The topological polar surface area (TPSA) is 63.6 Å². The van der Waals surface area contributed by atoms with Gasteiger partial charge < -0.3 is 9.84 Å². The summed E-state index contributed by atoms with van der Waals surface area (Å²) in [6, 6.07) is 4.75. The molecule has 0 saturated heterocycles. The first-order valence-electron chi connectivity index (χ1n) is 4.51. The predicted octanol–water partition coefficient (Wildman–Crippen LogP) is 0.690. The number of hydrogen-bond donors (Lipinski definition) is 1. The van der Waals surface area contributed by atoms with E-state index in [9.17, 15) is 13.5 Å². The summed E-state index contributed by atoms with van der Waals surface area (Å²) in [4.78, 5) is 0.173. The van der Waals surface area contributed by atoms with Gasteiger partial charge >= 0.3 is 0 Å². The second-order valence-corrected chi connectivity index (χ2v) is 5.82. The van der Waals surface area contributed by atoms with Gasteiger partial charge in [-0.1, -0.05) is 6.07 Å². The summed E-state index contributed by atoms with van der Waals surface area (Å²) < 4.78 is 28.5. The fourth-order valence-corrected chi connectivity index (χ4v) is 3.95. The standard InChI is InChI=1S/C10H12O4S/c1-10(11)6-15(12,13)8-5-3-4-7(14-2)9(8)10/h3-5,11H,6H2,1-2H3. The van der Waals surface area contributed by atoms with Gasteiger partial charge in [0.15, 0.2) is 9.84 Å². The number of benzene rings is 1. The molecule has 1 aliphatic heterocycles. The Kier molecular flexibility index (Phi) is 2.06. The summed E-state index contributed by atoms with van der Waals surface area (Å²) >= 11 is 0. The SMILES string of the molecule is COc1cccc2c1C(C)(O)CS2(=O)=O. The van der Waals surface area contributed by atoms with E-state index in [1.165, 1.54) is 20.1 Å². The molecule has 4 nitrogen and oxygen atoms in total. The Balaban J connectivity index is 2.81. The third-order valence-corrected chi connectivity index (χ3v) is 4.51. The van der Waals surface area contributed by atoms with Gasteiger partial charge in [-0.15, -0.1) is 0 Å². The molecule has 0 fully saturated rings. The van der Waals surface area contributed by atoms with Gasteiger partial charge in [-0.25, -0.2) is 8.42 Å². The quantitative estimate of drug-likeness (QED) is 0.768. The van der Waals surface area contributed by atoms with Crippen LogP contribution in [0.25, 0.3) is 0 Å². The summed E-state index contributed by atoms with van der Waals surface area (Å²) in [6.07, 6.45) is 0. The Morgan fingerprint density at radius 1 is 1.47 bits per heavy atom. The highest BCUT2D eigenvalue weighted by Crippen LogP contribution is 2.42. The van der Waals surface area contributed by atoms with E-state index < -0.39 is 15.4 Å². The smallest absolute Gasteiger partial charge is 0.182 e. The van der Waals surface area contributed by atoms with Gasteiger partial charge in [0.25, 0.3) is 0 Å². The lowest BCUT2D eigenvalue weighted by Crippen LogP contribution is -2.23. The van der Waals surface area contributed by atoms with Gasteiger partial charge in [-0.2, -0.15) is 0 Å². The first-order chi connectivity index (χ1) is 6.88. The lowest BCUT2D eigenvalue weighted by atomic mass is 9.97. The second-order valence-electron chi connectivity index (χ2n) is 3.87. The molecule has 1 aromatic carbocycles. The highest BCUT2D eigenvalue weighted by Gasteiger charge is 2.44.